The minimum atomic E-state index is 1.03. The van der Waals surface area contributed by atoms with E-state index in [2.05, 4.69) is 28.0 Å². The summed E-state index contributed by atoms with van der Waals surface area (Å²) in [6.45, 7) is 4.71. The fraction of sp³-hybridized carbons (Fsp3) is 0.600. The number of rotatable bonds is 3. The van der Waals surface area contributed by atoms with E-state index in [1.807, 2.05) is 0 Å². The fourth-order valence-electron chi connectivity index (χ4n) is 3.06. The molecule has 0 bridgehead atoms. The highest BCUT2D eigenvalue weighted by atomic mass is 16.5. The second-order valence-corrected chi connectivity index (χ2v) is 5.24. The summed E-state index contributed by atoms with van der Waals surface area (Å²) in [4.78, 5) is 4.89. The summed E-state index contributed by atoms with van der Waals surface area (Å²) in [7, 11) is 1.78. The van der Waals surface area contributed by atoms with Crippen LogP contribution in [-0.4, -0.2) is 33.3 Å². The Balaban J connectivity index is 1.86. The molecule has 0 radical (unpaired) electrons. The third-order valence-corrected chi connectivity index (χ3v) is 4.08. The van der Waals surface area contributed by atoms with Crippen LogP contribution in [0.2, 0.25) is 0 Å². The number of ether oxygens (including phenoxy) is 1. The van der Waals surface area contributed by atoms with Crippen LogP contribution in [0, 0.1) is 0 Å². The van der Waals surface area contributed by atoms with E-state index in [-0.39, 0.29) is 0 Å². The van der Waals surface area contributed by atoms with Crippen molar-refractivity contribution in [3.63, 3.8) is 0 Å². The van der Waals surface area contributed by atoms with Gasteiger partial charge in [-0.2, -0.15) is 0 Å². The molecule has 2 aliphatic rings. The molecule has 3 rings (SSSR count). The number of nitrogens with zero attached hydrogens (tertiary/aromatic N) is 2. The lowest BCUT2D eigenvalue weighted by molar-refractivity contribution is 0.415. The van der Waals surface area contributed by atoms with Gasteiger partial charge in [-0.15, -0.1) is 0 Å². The van der Waals surface area contributed by atoms with Gasteiger partial charge in [0.15, 0.2) is 0 Å². The topological polar surface area (TPSA) is 15.7 Å². The molecular weight excluding hydrogens is 224 g/mol. The Morgan fingerprint density at radius 3 is 2.11 bits per heavy atom. The summed E-state index contributed by atoms with van der Waals surface area (Å²) >= 11 is 0. The predicted octanol–water partition coefficient (Wildman–Crippen LogP) is 2.90. The Bertz CT molecular complexity index is 407. The molecule has 2 fully saturated rings. The third kappa shape index (κ3) is 2.14. The van der Waals surface area contributed by atoms with E-state index in [1.54, 1.807) is 7.11 Å². The van der Waals surface area contributed by atoms with Crippen LogP contribution >= 0.6 is 0 Å². The average Bonchev–Trinajstić information content (AvgIpc) is 3.11. The minimum Gasteiger partial charge on any atom is -0.495 e. The minimum absolute atomic E-state index is 1.03. The van der Waals surface area contributed by atoms with Gasteiger partial charge in [-0.1, -0.05) is 0 Å². The van der Waals surface area contributed by atoms with Crippen molar-refractivity contribution in [3.05, 3.63) is 18.2 Å². The van der Waals surface area contributed by atoms with E-state index in [4.69, 9.17) is 4.74 Å². The first kappa shape index (κ1) is 11.7. The molecule has 0 saturated carbocycles. The summed E-state index contributed by atoms with van der Waals surface area (Å²) in [5.41, 5.74) is 2.57. The Morgan fingerprint density at radius 2 is 1.50 bits per heavy atom. The molecule has 0 aromatic heterocycles. The number of anilines is 2. The van der Waals surface area contributed by atoms with Crippen LogP contribution in [0.1, 0.15) is 25.7 Å². The van der Waals surface area contributed by atoms with Crippen LogP contribution in [0.3, 0.4) is 0 Å². The van der Waals surface area contributed by atoms with Crippen molar-refractivity contribution in [2.75, 3.05) is 43.1 Å². The van der Waals surface area contributed by atoms with Gasteiger partial charge in [0, 0.05) is 37.9 Å². The van der Waals surface area contributed by atoms with Crippen LogP contribution < -0.4 is 14.5 Å². The predicted molar refractivity (Wildman–Crippen MR) is 75.9 cm³/mol. The van der Waals surface area contributed by atoms with E-state index in [9.17, 15) is 0 Å². The first-order valence-corrected chi connectivity index (χ1v) is 7.06. The summed E-state index contributed by atoms with van der Waals surface area (Å²) < 4.78 is 5.59. The van der Waals surface area contributed by atoms with Gasteiger partial charge in [0.1, 0.15) is 5.75 Å². The van der Waals surface area contributed by atoms with Gasteiger partial charge < -0.3 is 14.5 Å². The van der Waals surface area contributed by atoms with E-state index in [1.165, 1.54) is 63.2 Å². The highest BCUT2D eigenvalue weighted by Gasteiger charge is 2.19. The maximum atomic E-state index is 5.59. The van der Waals surface area contributed by atoms with Gasteiger partial charge in [-0.25, -0.2) is 0 Å². The maximum Gasteiger partial charge on any atom is 0.144 e. The van der Waals surface area contributed by atoms with Crippen molar-refractivity contribution < 1.29 is 4.74 Å². The molecule has 2 heterocycles. The van der Waals surface area contributed by atoms with E-state index < -0.39 is 0 Å². The molecule has 2 saturated heterocycles. The molecule has 0 atom stereocenters. The molecule has 0 amide bonds. The van der Waals surface area contributed by atoms with Crippen LogP contribution in [-0.2, 0) is 0 Å². The number of benzene rings is 1. The quantitative estimate of drug-likeness (QED) is 0.815. The fourth-order valence-corrected chi connectivity index (χ4v) is 3.06. The van der Waals surface area contributed by atoms with Gasteiger partial charge >= 0.3 is 0 Å². The van der Waals surface area contributed by atoms with Crippen molar-refractivity contribution in [3.8, 4) is 5.75 Å². The molecule has 3 nitrogen and oxygen atoms in total. The Kier molecular flexibility index (Phi) is 3.31. The second-order valence-electron chi connectivity index (χ2n) is 5.24. The van der Waals surface area contributed by atoms with E-state index >= 15 is 0 Å². The Morgan fingerprint density at radius 1 is 0.889 bits per heavy atom. The monoisotopic (exact) mass is 246 g/mol. The van der Waals surface area contributed by atoms with Crippen LogP contribution in [0.25, 0.3) is 0 Å². The van der Waals surface area contributed by atoms with Crippen molar-refractivity contribution in [1.29, 1.82) is 0 Å². The van der Waals surface area contributed by atoms with Gasteiger partial charge in [0.2, 0.25) is 0 Å². The summed E-state index contributed by atoms with van der Waals surface area (Å²) in [5.74, 6) is 1.03. The summed E-state index contributed by atoms with van der Waals surface area (Å²) in [5, 5.41) is 0. The first-order chi connectivity index (χ1) is 8.88. The van der Waals surface area contributed by atoms with Gasteiger partial charge in [-0.3, -0.25) is 0 Å². The molecule has 3 heteroatoms. The lowest BCUT2D eigenvalue weighted by Crippen LogP contribution is -2.20. The maximum absolute atomic E-state index is 5.59. The molecule has 0 spiro atoms. The Hall–Kier alpha value is -1.38. The highest BCUT2D eigenvalue weighted by molar-refractivity contribution is 5.66. The van der Waals surface area contributed by atoms with Crippen molar-refractivity contribution >= 4 is 11.4 Å². The SMILES string of the molecule is COc1cc(N2CCCC2)ccc1N1CCCC1. The van der Waals surface area contributed by atoms with Crippen molar-refractivity contribution in [2.45, 2.75) is 25.7 Å². The lowest BCUT2D eigenvalue weighted by Gasteiger charge is -2.24. The van der Waals surface area contributed by atoms with E-state index in [0.717, 1.165) is 5.75 Å². The zero-order valence-corrected chi connectivity index (χ0v) is 11.2. The molecule has 2 aliphatic heterocycles. The number of hydrogen-bond acceptors (Lipinski definition) is 3. The summed E-state index contributed by atoms with van der Waals surface area (Å²) in [6, 6.07) is 6.69. The molecular formula is C15H22N2O. The van der Waals surface area contributed by atoms with Crippen molar-refractivity contribution in [1.82, 2.24) is 0 Å². The average molecular weight is 246 g/mol. The first-order valence-electron chi connectivity index (χ1n) is 7.06. The number of hydrogen-bond donors (Lipinski definition) is 0. The highest BCUT2D eigenvalue weighted by Crippen LogP contribution is 2.35. The van der Waals surface area contributed by atoms with Crippen molar-refractivity contribution in [2.24, 2.45) is 0 Å². The second kappa shape index (κ2) is 5.09. The van der Waals surface area contributed by atoms with E-state index in [0.29, 0.717) is 0 Å². The molecule has 18 heavy (non-hydrogen) atoms. The zero-order valence-electron chi connectivity index (χ0n) is 11.2. The largest absolute Gasteiger partial charge is 0.495 e. The smallest absolute Gasteiger partial charge is 0.144 e. The Labute approximate surface area is 109 Å². The van der Waals surface area contributed by atoms with Gasteiger partial charge in [0.25, 0.3) is 0 Å². The molecule has 1 aromatic rings. The molecule has 0 aliphatic carbocycles. The van der Waals surface area contributed by atoms with Gasteiger partial charge in [0.05, 0.1) is 12.8 Å². The normalized spacial score (nSPS) is 19.6. The van der Waals surface area contributed by atoms with Crippen LogP contribution in [0.4, 0.5) is 11.4 Å². The number of methoxy groups -OCH3 is 1. The standard InChI is InChI=1S/C15H22N2O/c1-18-15-12-13(16-8-2-3-9-16)6-7-14(15)17-10-4-5-11-17/h6-7,12H,2-5,8-11H2,1H3. The van der Waals surface area contributed by atoms with Crippen LogP contribution in [0.5, 0.6) is 5.75 Å². The van der Waals surface area contributed by atoms with Crippen LogP contribution in [0.15, 0.2) is 18.2 Å². The molecule has 0 N–H and O–H groups in total. The summed E-state index contributed by atoms with van der Waals surface area (Å²) in [6.07, 6.45) is 5.24. The zero-order chi connectivity index (χ0) is 12.4. The molecule has 1 aromatic carbocycles. The van der Waals surface area contributed by atoms with Gasteiger partial charge in [-0.05, 0) is 37.8 Å². The molecule has 98 valence electrons. The molecule has 0 unspecified atom stereocenters. The third-order valence-electron chi connectivity index (χ3n) is 4.08. The lowest BCUT2D eigenvalue weighted by atomic mass is 10.2.